The molecule has 1 aromatic carbocycles. The lowest BCUT2D eigenvalue weighted by Gasteiger charge is -2.22. The smallest absolute Gasteiger partial charge is 0.269 e. The van der Waals surface area contributed by atoms with Crippen molar-refractivity contribution in [1.82, 2.24) is 9.78 Å². The number of non-ortho nitro benzene ring substituents is 1. The van der Waals surface area contributed by atoms with E-state index in [2.05, 4.69) is 33.2 Å². The number of nitrogens with zero attached hydrogens (tertiary/aromatic N) is 6. The number of nitriles is 1. The largest absolute Gasteiger partial charge is 0.360 e. The summed E-state index contributed by atoms with van der Waals surface area (Å²) >= 11 is 0. The summed E-state index contributed by atoms with van der Waals surface area (Å²) in [5.74, 6) is 0.803. The lowest BCUT2D eigenvalue weighted by molar-refractivity contribution is -0.384. The number of nitro groups is 1. The molecule has 0 spiro atoms. The maximum Gasteiger partial charge on any atom is 0.269 e. The molecule has 0 aliphatic carbocycles. The number of nitro benzene ring substituents is 1. The summed E-state index contributed by atoms with van der Waals surface area (Å²) in [5.41, 5.74) is 0.766. The number of anilines is 1. The molecule has 0 aliphatic rings. The fraction of sp³-hybridized carbons (Fsp3) is 0.333. The Kier molecular flexibility index (Phi) is 7.76. The molecule has 0 atom stereocenters. The summed E-state index contributed by atoms with van der Waals surface area (Å²) in [6.45, 7) is 12.1. The van der Waals surface area contributed by atoms with Gasteiger partial charge in [-0.05, 0) is 52.6 Å². The Morgan fingerprint density at radius 1 is 1.42 bits per heavy atom. The standard InChI is InChI=1S/C21H25N7O3/c1-6-31-14-24-12-11-18(23-5)25-20-17(13-22)19(26-27(20)21(2,3)4)15-7-9-16(10-8-15)28(29)30/h7-12,25H,5-6,14H2,1-4H3/b18-11+,24-12-. The molecule has 10 heteroatoms. The van der Waals surface area contributed by atoms with Crippen LogP contribution in [0.4, 0.5) is 11.5 Å². The summed E-state index contributed by atoms with van der Waals surface area (Å²) in [6.07, 6.45) is 3.15. The molecule has 0 amide bonds. The van der Waals surface area contributed by atoms with Crippen LogP contribution in [0.25, 0.3) is 11.3 Å². The Labute approximate surface area is 180 Å². The van der Waals surface area contributed by atoms with Gasteiger partial charge < -0.3 is 10.1 Å². The molecule has 1 N–H and O–H groups in total. The van der Waals surface area contributed by atoms with Crippen molar-refractivity contribution in [2.24, 2.45) is 9.98 Å². The van der Waals surface area contributed by atoms with Crippen LogP contribution in [0.2, 0.25) is 0 Å². The van der Waals surface area contributed by atoms with E-state index in [9.17, 15) is 15.4 Å². The number of aliphatic imine (C=N–C) groups is 2. The number of nitrogens with one attached hydrogen (secondary N) is 1. The van der Waals surface area contributed by atoms with E-state index in [1.54, 1.807) is 22.9 Å². The maximum atomic E-state index is 10.9. The predicted molar refractivity (Wildman–Crippen MR) is 120 cm³/mol. The Morgan fingerprint density at radius 2 is 2.10 bits per heavy atom. The molecule has 162 valence electrons. The van der Waals surface area contributed by atoms with Crippen LogP contribution >= 0.6 is 0 Å². The molecule has 0 unspecified atom stereocenters. The van der Waals surface area contributed by atoms with Crippen molar-refractivity contribution in [2.75, 3.05) is 18.7 Å². The molecule has 0 radical (unpaired) electrons. The third-order valence-corrected chi connectivity index (χ3v) is 4.11. The van der Waals surface area contributed by atoms with Gasteiger partial charge in [0.1, 0.15) is 35.7 Å². The van der Waals surface area contributed by atoms with Gasteiger partial charge in [-0.15, -0.1) is 0 Å². The normalized spacial score (nSPS) is 12.0. The second-order valence-corrected chi connectivity index (χ2v) is 7.36. The Morgan fingerprint density at radius 3 is 2.61 bits per heavy atom. The van der Waals surface area contributed by atoms with Crippen molar-refractivity contribution >= 4 is 24.4 Å². The minimum absolute atomic E-state index is 0.0386. The Hall–Kier alpha value is -3.84. The van der Waals surface area contributed by atoms with E-state index in [4.69, 9.17) is 4.74 Å². The molecule has 2 rings (SSSR count). The van der Waals surface area contributed by atoms with Gasteiger partial charge in [-0.25, -0.2) is 9.67 Å². The van der Waals surface area contributed by atoms with Gasteiger partial charge in [0.05, 0.1) is 10.5 Å². The van der Waals surface area contributed by atoms with Crippen LogP contribution < -0.4 is 5.32 Å². The molecule has 0 fully saturated rings. The van der Waals surface area contributed by atoms with Crippen LogP contribution in [0.5, 0.6) is 0 Å². The zero-order chi connectivity index (χ0) is 23.0. The van der Waals surface area contributed by atoms with Crippen LogP contribution in [-0.2, 0) is 10.3 Å². The summed E-state index contributed by atoms with van der Waals surface area (Å²) in [6, 6.07) is 8.08. The third-order valence-electron chi connectivity index (χ3n) is 4.11. The zero-order valence-electron chi connectivity index (χ0n) is 18.0. The van der Waals surface area contributed by atoms with Gasteiger partial charge in [0, 0.05) is 30.5 Å². The molecule has 0 saturated heterocycles. The maximum absolute atomic E-state index is 10.9. The van der Waals surface area contributed by atoms with Crippen molar-refractivity contribution in [3.8, 4) is 17.3 Å². The number of aromatic nitrogens is 2. The van der Waals surface area contributed by atoms with Crippen LogP contribution in [0.3, 0.4) is 0 Å². The molecule has 0 bridgehead atoms. The van der Waals surface area contributed by atoms with Gasteiger partial charge in [-0.3, -0.25) is 15.1 Å². The molecule has 0 saturated carbocycles. The number of hydrogen-bond acceptors (Lipinski definition) is 8. The summed E-state index contributed by atoms with van der Waals surface area (Å²) in [5, 5.41) is 28.6. The van der Waals surface area contributed by atoms with Gasteiger partial charge >= 0.3 is 0 Å². The SMILES string of the molecule is C=N/C(=C\C=N/COCC)Nc1c(C#N)c(-c2ccc([N+](=O)[O-])cc2)nn1C(C)(C)C. The third kappa shape index (κ3) is 5.83. The van der Waals surface area contributed by atoms with Gasteiger partial charge in [0.2, 0.25) is 0 Å². The fourth-order valence-corrected chi connectivity index (χ4v) is 2.63. The molecule has 1 aromatic heterocycles. The van der Waals surface area contributed by atoms with Crippen molar-refractivity contribution in [2.45, 2.75) is 33.2 Å². The first-order valence-corrected chi connectivity index (χ1v) is 9.53. The highest BCUT2D eigenvalue weighted by molar-refractivity contribution is 5.77. The summed E-state index contributed by atoms with van der Waals surface area (Å²) < 4.78 is 6.83. The Balaban J connectivity index is 2.52. The number of hydrogen-bond donors (Lipinski definition) is 1. The van der Waals surface area contributed by atoms with E-state index in [-0.39, 0.29) is 18.0 Å². The van der Waals surface area contributed by atoms with Crippen LogP contribution in [0.15, 0.2) is 46.1 Å². The molecule has 10 nitrogen and oxygen atoms in total. The molecular weight excluding hydrogens is 398 g/mol. The first-order valence-electron chi connectivity index (χ1n) is 9.53. The van der Waals surface area contributed by atoms with Crippen molar-refractivity contribution in [1.29, 1.82) is 5.26 Å². The van der Waals surface area contributed by atoms with E-state index >= 15 is 0 Å². The lowest BCUT2D eigenvalue weighted by Crippen LogP contribution is -2.25. The number of ether oxygens (including phenoxy) is 1. The topological polar surface area (TPSA) is 131 Å². The van der Waals surface area contributed by atoms with Gasteiger partial charge in [-0.1, -0.05) is 0 Å². The van der Waals surface area contributed by atoms with Crippen molar-refractivity contribution in [3.63, 3.8) is 0 Å². The Bertz CT molecular complexity index is 1040. The van der Waals surface area contributed by atoms with Gasteiger partial charge in [-0.2, -0.15) is 10.4 Å². The molecule has 2 aromatic rings. The van der Waals surface area contributed by atoms with E-state index < -0.39 is 10.5 Å². The van der Waals surface area contributed by atoms with Crippen molar-refractivity contribution < 1.29 is 9.66 Å². The van der Waals surface area contributed by atoms with Crippen LogP contribution in [0.1, 0.15) is 33.3 Å². The zero-order valence-corrected chi connectivity index (χ0v) is 18.0. The van der Waals surface area contributed by atoms with E-state index in [0.717, 1.165) is 0 Å². The van der Waals surface area contributed by atoms with Crippen molar-refractivity contribution in [3.05, 3.63) is 51.8 Å². The summed E-state index contributed by atoms with van der Waals surface area (Å²) in [4.78, 5) is 18.5. The predicted octanol–water partition coefficient (Wildman–Crippen LogP) is 4.10. The average Bonchev–Trinajstić information content (AvgIpc) is 3.11. The molecular formula is C21H25N7O3. The molecule has 0 aliphatic heterocycles. The van der Waals surface area contributed by atoms with Crippen LogP contribution in [0, 0.1) is 21.4 Å². The minimum atomic E-state index is -0.477. The van der Waals surface area contributed by atoms with E-state index in [0.29, 0.717) is 29.5 Å². The van der Waals surface area contributed by atoms with E-state index in [1.807, 2.05) is 27.7 Å². The number of rotatable bonds is 9. The second-order valence-electron chi connectivity index (χ2n) is 7.36. The fourth-order valence-electron chi connectivity index (χ4n) is 2.63. The highest BCUT2D eigenvalue weighted by atomic mass is 16.6. The van der Waals surface area contributed by atoms with Crippen LogP contribution in [-0.4, -0.2) is 41.0 Å². The second kappa shape index (κ2) is 10.3. The first kappa shape index (κ1) is 23.4. The van der Waals surface area contributed by atoms with Gasteiger partial charge in [0.25, 0.3) is 5.69 Å². The molecule has 1 heterocycles. The average molecular weight is 423 g/mol. The minimum Gasteiger partial charge on any atom is -0.360 e. The first-order chi connectivity index (χ1) is 14.7. The monoisotopic (exact) mass is 423 g/mol. The quantitative estimate of drug-likeness (QED) is 0.279. The molecule has 31 heavy (non-hydrogen) atoms. The number of allylic oxidation sites excluding steroid dienone is 1. The lowest BCUT2D eigenvalue weighted by atomic mass is 10.1. The summed E-state index contributed by atoms with van der Waals surface area (Å²) in [7, 11) is 0. The number of benzene rings is 1. The highest BCUT2D eigenvalue weighted by Crippen LogP contribution is 2.33. The van der Waals surface area contributed by atoms with E-state index in [1.165, 1.54) is 18.3 Å². The highest BCUT2D eigenvalue weighted by Gasteiger charge is 2.26. The van der Waals surface area contributed by atoms with Gasteiger partial charge in [0.15, 0.2) is 0 Å².